The van der Waals surface area contributed by atoms with Crippen LogP contribution in [0, 0.1) is 11.8 Å². The van der Waals surface area contributed by atoms with Crippen molar-refractivity contribution < 1.29 is 9.59 Å². The molecule has 0 aromatic heterocycles. The van der Waals surface area contributed by atoms with E-state index in [-0.39, 0.29) is 11.8 Å². The van der Waals surface area contributed by atoms with Gasteiger partial charge in [-0.2, -0.15) is 0 Å². The zero-order valence-corrected chi connectivity index (χ0v) is 11.8. The summed E-state index contributed by atoms with van der Waals surface area (Å²) < 4.78 is 0. The molecule has 2 amide bonds. The first-order chi connectivity index (χ1) is 10.2. The number of benzene rings is 1. The van der Waals surface area contributed by atoms with Crippen LogP contribution in [0.3, 0.4) is 0 Å². The Labute approximate surface area is 123 Å². The predicted octanol–water partition coefficient (Wildman–Crippen LogP) is 2.61. The Bertz CT molecular complexity index is 641. The van der Waals surface area contributed by atoms with E-state index in [4.69, 9.17) is 0 Å². The third-order valence-electron chi connectivity index (χ3n) is 4.46. The average molecular weight is 282 g/mol. The van der Waals surface area contributed by atoms with E-state index in [1.54, 1.807) is 12.1 Å². The van der Waals surface area contributed by atoms with Crippen molar-refractivity contribution in [2.75, 3.05) is 5.32 Å². The second-order valence-electron chi connectivity index (χ2n) is 6.24. The molecule has 1 aromatic carbocycles. The normalized spacial score (nSPS) is 19.7. The Morgan fingerprint density at radius 3 is 2.57 bits per heavy atom. The van der Waals surface area contributed by atoms with Crippen LogP contribution < -0.4 is 10.6 Å². The summed E-state index contributed by atoms with van der Waals surface area (Å²) in [4.78, 5) is 23.8. The second kappa shape index (κ2) is 4.72. The summed E-state index contributed by atoms with van der Waals surface area (Å²) in [6.07, 6.45) is 6.72. The van der Waals surface area contributed by atoms with Crippen molar-refractivity contribution in [3.8, 4) is 0 Å². The molecule has 4 heteroatoms. The SMILES string of the molecule is O=C(C=C(C1CC1)C1CC1)Nc1ccc2c(c1)C(=O)NC2. The van der Waals surface area contributed by atoms with Crippen LogP contribution in [0.4, 0.5) is 5.69 Å². The number of rotatable bonds is 4. The fourth-order valence-corrected chi connectivity index (χ4v) is 3.02. The monoisotopic (exact) mass is 282 g/mol. The quantitative estimate of drug-likeness (QED) is 0.834. The van der Waals surface area contributed by atoms with E-state index < -0.39 is 0 Å². The highest BCUT2D eigenvalue weighted by atomic mass is 16.2. The van der Waals surface area contributed by atoms with Gasteiger partial charge in [0.05, 0.1) is 0 Å². The minimum Gasteiger partial charge on any atom is -0.348 e. The molecule has 3 aliphatic rings. The molecule has 1 heterocycles. The van der Waals surface area contributed by atoms with Gasteiger partial charge in [0.25, 0.3) is 5.91 Å². The number of hydrogen-bond donors (Lipinski definition) is 2. The summed E-state index contributed by atoms with van der Waals surface area (Å²) in [6.45, 7) is 0.579. The van der Waals surface area contributed by atoms with Crippen molar-refractivity contribution in [3.05, 3.63) is 41.0 Å². The highest BCUT2D eigenvalue weighted by Crippen LogP contribution is 2.48. The molecule has 21 heavy (non-hydrogen) atoms. The Kier molecular flexibility index (Phi) is 2.84. The van der Waals surface area contributed by atoms with Crippen LogP contribution in [0.1, 0.15) is 41.6 Å². The van der Waals surface area contributed by atoms with Gasteiger partial charge in [-0.3, -0.25) is 9.59 Å². The summed E-state index contributed by atoms with van der Waals surface area (Å²) in [6, 6.07) is 5.52. The molecule has 0 radical (unpaired) electrons. The molecular weight excluding hydrogens is 264 g/mol. The molecule has 0 unspecified atom stereocenters. The molecule has 2 saturated carbocycles. The van der Waals surface area contributed by atoms with E-state index in [9.17, 15) is 9.59 Å². The van der Waals surface area contributed by atoms with Gasteiger partial charge in [0.1, 0.15) is 0 Å². The van der Waals surface area contributed by atoms with Crippen molar-refractivity contribution in [1.82, 2.24) is 5.32 Å². The number of hydrogen-bond acceptors (Lipinski definition) is 2. The van der Waals surface area contributed by atoms with Gasteiger partial charge in [-0.15, -0.1) is 0 Å². The molecule has 4 nitrogen and oxygen atoms in total. The minimum absolute atomic E-state index is 0.0618. The molecule has 1 aromatic rings. The van der Waals surface area contributed by atoms with Crippen LogP contribution in [-0.4, -0.2) is 11.8 Å². The maximum Gasteiger partial charge on any atom is 0.251 e. The van der Waals surface area contributed by atoms with Gasteiger partial charge >= 0.3 is 0 Å². The van der Waals surface area contributed by atoms with E-state index in [0.29, 0.717) is 29.6 Å². The fourth-order valence-electron chi connectivity index (χ4n) is 3.02. The van der Waals surface area contributed by atoms with Crippen LogP contribution in [0.25, 0.3) is 0 Å². The zero-order chi connectivity index (χ0) is 14.4. The van der Waals surface area contributed by atoms with Gasteiger partial charge in [-0.05, 0) is 55.2 Å². The molecule has 2 N–H and O–H groups in total. The van der Waals surface area contributed by atoms with Crippen LogP contribution in [-0.2, 0) is 11.3 Å². The lowest BCUT2D eigenvalue weighted by Crippen LogP contribution is -2.13. The van der Waals surface area contributed by atoms with Crippen molar-refractivity contribution in [2.45, 2.75) is 32.2 Å². The smallest absolute Gasteiger partial charge is 0.251 e. The van der Waals surface area contributed by atoms with Crippen molar-refractivity contribution in [2.24, 2.45) is 11.8 Å². The topological polar surface area (TPSA) is 58.2 Å². The largest absolute Gasteiger partial charge is 0.348 e. The second-order valence-corrected chi connectivity index (χ2v) is 6.24. The van der Waals surface area contributed by atoms with Crippen molar-refractivity contribution in [3.63, 3.8) is 0 Å². The van der Waals surface area contributed by atoms with Gasteiger partial charge < -0.3 is 10.6 Å². The molecule has 4 rings (SSSR count). The van der Waals surface area contributed by atoms with Crippen LogP contribution in [0.15, 0.2) is 29.8 Å². The Hall–Kier alpha value is -2.10. The molecule has 0 saturated heterocycles. The highest BCUT2D eigenvalue weighted by Gasteiger charge is 2.36. The first kappa shape index (κ1) is 12.6. The first-order valence-electron chi connectivity index (χ1n) is 7.64. The molecule has 2 fully saturated rings. The van der Waals surface area contributed by atoms with Gasteiger partial charge in [-0.1, -0.05) is 11.6 Å². The van der Waals surface area contributed by atoms with Crippen LogP contribution in [0.2, 0.25) is 0 Å². The van der Waals surface area contributed by atoms with Gasteiger partial charge in [0.2, 0.25) is 5.91 Å². The van der Waals surface area contributed by atoms with E-state index in [1.807, 2.05) is 12.1 Å². The summed E-state index contributed by atoms with van der Waals surface area (Å²) in [5.41, 5.74) is 3.69. The van der Waals surface area contributed by atoms with E-state index >= 15 is 0 Å². The summed E-state index contributed by atoms with van der Waals surface area (Å²) >= 11 is 0. The predicted molar refractivity (Wildman–Crippen MR) is 79.8 cm³/mol. The summed E-state index contributed by atoms with van der Waals surface area (Å²) in [5, 5.41) is 5.67. The van der Waals surface area contributed by atoms with Crippen LogP contribution in [0.5, 0.6) is 0 Å². The average Bonchev–Trinajstić information content (AvgIpc) is 3.36. The fraction of sp³-hybridized carbons (Fsp3) is 0.412. The molecule has 108 valence electrons. The Morgan fingerprint density at radius 2 is 1.90 bits per heavy atom. The Balaban J connectivity index is 1.50. The lowest BCUT2D eigenvalue weighted by Gasteiger charge is -2.07. The lowest BCUT2D eigenvalue weighted by atomic mass is 10.1. The molecule has 0 bridgehead atoms. The number of amides is 2. The third-order valence-corrected chi connectivity index (χ3v) is 4.46. The molecule has 2 aliphatic carbocycles. The van der Waals surface area contributed by atoms with Gasteiger partial charge in [0.15, 0.2) is 0 Å². The van der Waals surface area contributed by atoms with E-state index in [2.05, 4.69) is 10.6 Å². The minimum atomic E-state index is -0.0674. The lowest BCUT2D eigenvalue weighted by molar-refractivity contribution is -0.112. The molecular formula is C17H18N2O2. The summed E-state index contributed by atoms with van der Waals surface area (Å²) in [5.74, 6) is 1.17. The van der Waals surface area contributed by atoms with Crippen molar-refractivity contribution in [1.29, 1.82) is 0 Å². The Morgan fingerprint density at radius 1 is 1.19 bits per heavy atom. The number of carbonyl (C=O) groups excluding carboxylic acids is 2. The van der Waals surface area contributed by atoms with Gasteiger partial charge in [-0.25, -0.2) is 0 Å². The molecule has 0 atom stereocenters. The maximum atomic E-state index is 12.2. The van der Waals surface area contributed by atoms with E-state index in [1.165, 1.54) is 31.3 Å². The number of anilines is 1. The van der Waals surface area contributed by atoms with E-state index in [0.717, 1.165) is 5.56 Å². The highest BCUT2D eigenvalue weighted by molar-refractivity contribution is 6.03. The number of nitrogens with one attached hydrogen (secondary N) is 2. The summed E-state index contributed by atoms with van der Waals surface area (Å²) in [7, 11) is 0. The number of carbonyl (C=O) groups is 2. The molecule has 0 spiro atoms. The maximum absolute atomic E-state index is 12.2. The zero-order valence-electron chi connectivity index (χ0n) is 11.8. The number of fused-ring (bicyclic) bond motifs is 1. The first-order valence-corrected chi connectivity index (χ1v) is 7.64. The molecule has 1 aliphatic heterocycles. The standard InChI is InChI=1S/C17H18N2O2/c20-16(8-14(10-1-2-10)11-3-4-11)19-13-6-5-12-9-18-17(21)15(12)7-13/h5-8,10-11H,1-4,9H2,(H,18,21)(H,19,20). The van der Waals surface area contributed by atoms with Crippen molar-refractivity contribution >= 4 is 17.5 Å². The van der Waals surface area contributed by atoms with Crippen LogP contribution >= 0.6 is 0 Å². The third kappa shape index (κ3) is 2.58. The number of allylic oxidation sites excluding steroid dienone is 1. The van der Waals surface area contributed by atoms with Gasteiger partial charge in [0, 0.05) is 23.9 Å².